The van der Waals surface area contributed by atoms with E-state index >= 15 is 0 Å². The van der Waals surface area contributed by atoms with E-state index in [0.717, 1.165) is 4.57 Å². The molecule has 1 aromatic heterocycles. The Kier molecular flexibility index (Phi) is 3.59. The summed E-state index contributed by atoms with van der Waals surface area (Å²) in [5, 5.41) is 9.66. The van der Waals surface area contributed by atoms with E-state index in [2.05, 4.69) is 0 Å². The minimum Gasteiger partial charge on any atom is -0.477 e. The molecule has 0 aliphatic rings. The van der Waals surface area contributed by atoms with Gasteiger partial charge in [-0.05, 0) is 39.0 Å². The van der Waals surface area contributed by atoms with Gasteiger partial charge in [0.25, 0.3) is 0 Å². The quantitative estimate of drug-likeness (QED) is 0.787. The number of nitrogens with zero attached hydrogens (tertiary/aromatic N) is 1. The molecular formula is C14H15ClN2O4. The maximum atomic E-state index is 12.3. The van der Waals surface area contributed by atoms with E-state index < -0.39 is 17.7 Å². The lowest BCUT2D eigenvalue weighted by Crippen LogP contribution is -2.28. The summed E-state index contributed by atoms with van der Waals surface area (Å²) >= 11 is 6.08. The van der Waals surface area contributed by atoms with Crippen LogP contribution in [0.1, 0.15) is 31.3 Å². The highest BCUT2D eigenvalue weighted by Gasteiger charge is 2.28. The van der Waals surface area contributed by atoms with Gasteiger partial charge in [0.05, 0.1) is 10.5 Å². The second-order valence-corrected chi connectivity index (χ2v) is 5.94. The van der Waals surface area contributed by atoms with Crippen molar-refractivity contribution < 1.29 is 19.4 Å². The van der Waals surface area contributed by atoms with Gasteiger partial charge < -0.3 is 15.6 Å². The minimum atomic E-state index is -1.32. The van der Waals surface area contributed by atoms with Crippen molar-refractivity contribution >= 4 is 40.3 Å². The van der Waals surface area contributed by atoms with Gasteiger partial charge in [0.1, 0.15) is 5.60 Å². The number of anilines is 1. The van der Waals surface area contributed by atoms with Gasteiger partial charge in [-0.3, -0.25) is 0 Å². The van der Waals surface area contributed by atoms with Crippen molar-refractivity contribution in [3.05, 3.63) is 28.9 Å². The summed E-state index contributed by atoms with van der Waals surface area (Å²) in [6, 6.07) is 4.61. The number of halogens is 1. The van der Waals surface area contributed by atoms with Crippen molar-refractivity contribution in [1.82, 2.24) is 4.57 Å². The van der Waals surface area contributed by atoms with E-state index in [1.54, 1.807) is 26.8 Å². The molecule has 0 saturated heterocycles. The Morgan fingerprint density at radius 1 is 1.33 bits per heavy atom. The molecule has 112 valence electrons. The predicted molar refractivity (Wildman–Crippen MR) is 80.0 cm³/mol. The second-order valence-electron chi connectivity index (χ2n) is 5.56. The van der Waals surface area contributed by atoms with Crippen molar-refractivity contribution in [3.8, 4) is 0 Å². The fourth-order valence-electron chi connectivity index (χ4n) is 1.96. The third-order valence-electron chi connectivity index (χ3n) is 2.71. The van der Waals surface area contributed by atoms with Gasteiger partial charge in [-0.15, -0.1) is 0 Å². The highest BCUT2D eigenvalue weighted by atomic mass is 35.5. The number of ether oxygens (including phenoxy) is 1. The van der Waals surface area contributed by atoms with Crippen LogP contribution in [-0.2, 0) is 4.74 Å². The van der Waals surface area contributed by atoms with Gasteiger partial charge in [0, 0.05) is 11.1 Å². The lowest BCUT2D eigenvalue weighted by atomic mass is 10.2. The van der Waals surface area contributed by atoms with Crippen LogP contribution < -0.4 is 5.73 Å². The average molecular weight is 311 g/mol. The fraction of sp³-hybridized carbons (Fsp3) is 0.286. The van der Waals surface area contributed by atoms with Crippen LogP contribution in [0.5, 0.6) is 0 Å². The normalized spacial score (nSPS) is 11.6. The number of fused-ring (bicyclic) bond motifs is 1. The highest BCUT2D eigenvalue weighted by molar-refractivity contribution is 6.39. The number of carboxylic acid groups (broad SMARTS) is 1. The zero-order valence-corrected chi connectivity index (χ0v) is 12.6. The molecule has 21 heavy (non-hydrogen) atoms. The van der Waals surface area contributed by atoms with Gasteiger partial charge in [-0.2, -0.15) is 0 Å². The zero-order chi connectivity index (χ0) is 15.9. The molecule has 0 bridgehead atoms. The van der Waals surface area contributed by atoms with Crippen molar-refractivity contribution in [2.75, 3.05) is 5.73 Å². The fourth-order valence-corrected chi connectivity index (χ4v) is 2.27. The van der Waals surface area contributed by atoms with Crippen molar-refractivity contribution in [1.29, 1.82) is 0 Å². The molecule has 7 heteroatoms. The van der Waals surface area contributed by atoms with Crippen LogP contribution in [-0.4, -0.2) is 27.3 Å². The Bertz CT molecular complexity index is 743. The lowest BCUT2D eigenvalue weighted by molar-refractivity contribution is 0.0513. The van der Waals surface area contributed by atoms with Crippen molar-refractivity contribution in [3.63, 3.8) is 0 Å². The highest BCUT2D eigenvalue weighted by Crippen LogP contribution is 2.32. The van der Waals surface area contributed by atoms with Crippen molar-refractivity contribution in [2.24, 2.45) is 0 Å². The molecule has 0 aliphatic heterocycles. The van der Waals surface area contributed by atoms with Gasteiger partial charge in [-0.1, -0.05) is 11.6 Å². The Morgan fingerprint density at radius 2 is 1.95 bits per heavy atom. The molecule has 2 aromatic rings. The van der Waals surface area contributed by atoms with Gasteiger partial charge in [0.15, 0.2) is 5.69 Å². The number of hydrogen-bond acceptors (Lipinski definition) is 4. The maximum absolute atomic E-state index is 12.3. The Morgan fingerprint density at radius 3 is 2.48 bits per heavy atom. The number of hydrogen-bond donors (Lipinski definition) is 2. The first kappa shape index (κ1) is 15.2. The number of aromatic nitrogens is 1. The Labute approximate surface area is 126 Å². The summed E-state index contributed by atoms with van der Waals surface area (Å²) in [6.45, 7) is 5.07. The molecule has 0 amide bonds. The number of aromatic carboxylic acids is 1. The third kappa shape index (κ3) is 2.80. The number of carbonyl (C=O) groups excluding carboxylic acids is 1. The zero-order valence-electron chi connectivity index (χ0n) is 11.8. The SMILES string of the molecule is CC(C)(C)OC(=O)n1c(C(=O)O)c(Cl)c2cc(N)ccc21. The van der Waals surface area contributed by atoms with E-state index in [1.807, 2.05) is 0 Å². The summed E-state index contributed by atoms with van der Waals surface area (Å²) in [6.07, 6.45) is -0.804. The molecule has 1 aromatic carbocycles. The molecule has 3 N–H and O–H groups in total. The molecule has 0 fully saturated rings. The van der Waals surface area contributed by atoms with Crippen molar-refractivity contribution in [2.45, 2.75) is 26.4 Å². The molecular weight excluding hydrogens is 296 g/mol. The number of nitrogens with two attached hydrogens (primary N) is 1. The van der Waals surface area contributed by atoms with E-state index in [4.69, 9.17) is 22.1 Å². The molecule has 2 rings (SSSR count). The van der Waals surface area contributed by atoms with Crippen LogP contribution in [0.3, 0.4) is 0 Å². The monoisotopic (exact) mass is 310 g/mol. The van der Waals surface area contributed by atoms with E-state index in [9.17, 15) is 14.7 Å². The van der Waals surface area contributed by atoms with Gasteiger partial charge in [-0.25, -0.2) is 14.2 Å². The van der Waals surface area contributed by atoms with Crippen LogP contribution >= 0.6 is 11.6 Å². The smallest absolute Gasteiger partial charge is 0.419 e. The number of rotatable bonds is 1. The van der Waals surface area contributed by atoms with E-state index in [0.29, 0.717) is 16.6 Å². The number of carboxylic acids is 1. The van der Waals surface area contributed by atoms with Crippen LogP contribution in [0.15, 0.2) is 18.2 Å². The van der Waals surface area contributed by atoms with E-state index in [1.165, 1.54) is 12.1 Å². The number of nitrogen functional groups attached to an aromatic ring is 1. The van der Waals surface area contributed by atoms with Crippen LogP contribution in [0.2, 0.25) is 5.02 Å². The Hall–Kier alpha value is -2.21. The molecule has 0 atom stereocenters. The minimum absolute atomic E-state index is 0.0457. The largest absolute Gasteiger partial charge is 0.477 e. The second kappa shape index (κ2) is 4.96. The summed E-state index contributed by atoms with van der Waals surface area (Å²) < 4.78 is 6.19. The topological polar surface area (TPSA) is 94.5 Å². The van der Waals surface area contributed by atoms with Gasteiger partial charge >= 0.3 is 12.1 Å². The molecule has 1 heterocycles. The first-order valence-corrected chi connectivity index (χ1v) is 6.55. The molecule has 0 saturated carbocycles. The molecule has 6 nitrogen and oxygen atoms in total. The van der Waals surface area contributed by atoms with Crippen LogP contribution in [0, 0.1) is 0 Å². The summed E-state index contributed by atoms with van der Waals surface area (Å²) in [5.41, 5.74) is 5.33. The molecule has 0 unspecified atom stereocenters. The van der Waals surface area contributed by atoms with Crippen LogP contribution in [0.4, 0.5) is 10.5 Å². The van der Waals surface area contributed by atoms with E-state index in [-0.39, 0.29) is 10.7 Å². The number of carbonyl (C=O) groups is 2. The molecule has 0 radical (unpaired) electrons. The molecule has 0 aliphatic carbocycles. The predicted octanol–water partition coefficient (Wildman–Crippen LogP) is 3.36. The maximum Gasteiger partial charge on any atom is 0.419 e. The summed E-state index contributed by atoms with van der Waals surface area (Å²) in [4.78, 5) is 23.7. The van der Waals surface area contributed by atoms with Crippen LogP contribution in [0.25, 0.3) is 10.9 Å². The first-order valence-electron chi connectivity index (χ1n) is 6.18. The average Bonchev–Trinajstić information content (AvgIpc) is 2.60. The van der Waals surface area contributed by atoms with Gasteiger partial charge in [0.2, 0.25) is 0 Å². The molecule has 0 spiro atoms. The third-order valence-corrected chi connectivity index (χ3v) is 3.09. The Balaban J connectivity index is 2.74. The summed E-state index contributed by atoms with van der Waals surface area (Å²) in [5.74, 6) is -1.32. The summed E-state index contributed by atoms with van der Waals surface area (Å²) in [7, 11) is 0. The standard InChI is InChI=1S/C14H15ClN2O4/c1-14(2,3)21-13(20)17-9-5-4-7(16)6-8(9)10(15)11(17)12(18)19/h4-6H,16H2,1-3H3,(H,18,19). The number of benzene rings is 1. The first-order chi connectivity index (χ1) is 9.61. The lowest BCUT2D eigenvalue weighted by Gasteiger charge is -2.20.